The van der Waals surface area contributed by atoms with Crippen LogP contribution in [0.4, 0.5) is 0 Å². The van der Waals surface area contributed by atoms with Crippen molar-refractivity contribution >= 4 is 10.0 Å². The summed E-state index contributed by atoms with van der Waals surface area (Å²) in [6.45, 7) is 4.08. The quantitative estimate of drug-likeness (QED) is 0.892. The summed E-state index contributed by atoms with van der Waals surface area (Å²) in [6.07, 6.45) is 0. The molecule has 0 fully saturated rings. The zero-order valence-electron chi connectivity index (χ0n) is 12.2. The van der Waals surface area contributed by atoms with E-state index >= 15 is 0 Å². The molecule has 4 nitrogen and oxygen atoms in total. The van der Waals surface area contributed by atoms with Crippen LogP contribution in [0, 0.1) is 0 Å². The Hall–Kier alpha value is -1.69. The van der Waals surface area contributed by atoms with Crippen LogP contribution < -0.4 is 10.5 Å². The summed E-state index contributed by atoms with van der Waals surface area (Å²) >= 11 is 0. The number of primary sulfonamides is 1. The Morgan fingerprint density at radius 1 is 0.905 bits per heavy atom. The minimum atomic E-state index is -3.67. The minimum absolute atomic E-state index is 0.0157. The number of sulfonamides is 1. The molecule has 3 N–H and O–H groups in total. The summed E-state index contributed by atoms with van der Waals surface area (Å²) < 4.78 is 22.8. The van der Waals surface area contributed by atoms with Gasteiger partial charge in [-0.2, -0.15) is 0 Å². The number of nitrogens with two attached hydrogens (primary N) is 1. The number of rotatable bonds is 5. The molecule has 5 heteroatoms. The largest absolute Gasteiger partial charge is 0.304 e. The lowest BCUT2D eigenvalue weighted by Gasteiger charge is -2.21. The van der Waals surface area contributed by atoms with Gasteiger partial charge in [0.2, 0.25) is 10.0 Å². The Morgan fingerprint density at radius 3 is 2.10 bits per heavy atom. The summed E-state index contributed by atoms with van der Waals surface area (Å²) in [5, 5.41) is 8.63. The van der Waals surface area contributed by atoms with Gasteiger partial charge >= 0.3 is 0 Å². The van der Waals surface area contributed by atoms with Crippen molar-refractivity contribution in [3.05, 3.63) is 65.7 Å². The summed E-state index contributed by atoms with van der Waals surface area (Å²) in [6, 6.07) is 17.0. The molecule has 0 aromatic heterocycles. The van der Waals surface area contributed by atoms with E-state index in [1.807, 2.05) is 31.2 Å². The van der Waals surface area contributed by atoms with Crippen LogP contribution in [0.5, 0.6) is 0 Å². The smallest absolute Gasteiger partial charge is 0.238 e. The van der Waals surface area contributed by atoms with Crippen LogP contribution in [0.25, 0.3) is 0 Å². The standard InChI is InChI=1S/C16H20N2O2S/c1-12(14-7-4-3-5-8-14)18-13(2)15-9-6-10-16(11-15)21(17,19)20/h3-13,18H,1-2H3,(H2,17,19,20)/t12-,13?/m0/s1. The van der Waals surface area contributed by atoms with Gasteiger partial charge in [-0.1, -0.05) is 42.5 Å². The van der Waals surface area contributed by atoms with Gasteiger partial charge in [-0.25, -0.2) is 13.6 Å². The fourth-order valence-corrected chi connectivity index (χ4v) is 2.84. The van der Waals surface area contributed by atoms with Crippen LogP contribution in [-0.2, 0) is 10.0 Å². The van der Waals surface area contributed by atoms with Crippen molar-refractivity contribution in [3.8, 4) is 0 Å². The summed E-state index contributed by atoms with van der Waals surface area (Å²) in [5.41, 5.74) is 2.08. The lowest BCUT2D eigenvalue weighted by Crippen LogP contribution is -2.23. The van der Waals surface area contributed by atoms with Gasteiger partial charge in [0, 0.05) is 12.1 Å². The van der Waals surface area contributed by atoms with Gasteiger partial charge in [-0.05, 0) is 37.1 Å². The number of nitrogens with one attached hydrogen (secondary N) is 1. The maximum atomic E-state index is 11.4. The first kappa shape index (κ1) is 15.7. The molecular formula is C16H20N2O2S. The molecular weight excluding hydrogens is 284 g/mol. The highest BCUT2D eigenvalue weighted by atomic mass is 32.2. The van der Waals surface area contributed by atoms with Crippen molar-refractivity contribution < 1.29 is 8.42 Å². The average Bonchev–Trinajstić information content (AvgIpc) is 2.47. The van der Waals surface area contributed by atoms with Gasteiger partial charge in [0.25, 0.3) is 0 Å². The van der Waals surface area contributed by atoms with Crippen LogP contribution in [-0.4, -0.2) is 8.42 Å². The monoisotopic (exact) mass is 304 g/mol. The number of hydrogen-bond acceptors (Lipinski definition) is 3. The summed E-state index contributed by atoms with van der Waals surface area (Å²) in [4.78, 5) is 0.140. The van der Waals surface area contributed by atoms with E-state index in [-0.39, 0.29) is 17.0 Å². The maximum Gasteiger partial charge on any atom is 0.238 e. The van der Waals surface area contributed by atoms with E-state index in [9.17, 15) is 8.42 Å². The number of benzene rings is 2. The minimum Gasteiger partial charge on any atom is -0.304 e. The van der Waals surface area contributed by atoms with Crippen molar-refractivity contribution in [2.45, 2.75) is 30.8 Å². The van der Waals surface area contributed by atoms with E-state index < -0.39 is 10.0 Å². The molecule has 0 bridgehead atoms. The third-order valence-electron chi connectivity index (χ3n) is 3.49. The molecule has 0 saturated heterocycles. The van der Waals surface area contributed by atoms with Gasteiger partial charge in [0.1, 0.15) is 0 Å². The molecule has 0 saturated carbocycles. The number of hydrogen-bond donors (Lipinski definition) is 2. The van der Waals surface area contributed by atoms with Crippen LogP contribution in [0.15, 0.2) is 59.5 Å². The van der Waals surface area contributed by atoms with Gasteiger partial charge < -0.3 is 5.32 Å². The second kappa shape index (κ2) is 6.39. The Labute approximate surface area is 126 Å². The molecule has 0 aliphatic heterocycles. The summed E-state index contributed by atoms with van der Waals surface area (Å²) in [7, 11) is -3.67. The highest BCUT2D eigenvalue weighted by molar-refractivity contribution is 7.89. The first-order chi connectivity index (χ1) is 9.88. The van der Waals surface area contributed by atoms with E-state index in [1.54, 1.807) is 12.1 Å². The van der Waals surface area contributed by atoms with Crippen molar-refractivity contribution in [2.75, 3.05) is 0 Å². The molecule has 1 unspecified atom stereocenters. The average molecular weight is 304 g/mol. The molecule has 0 amide bonds. The van der Waals surface area contributed by atoms with E-state index in [0.29, 0.717) is 0 Å². The van der Waals surface area contributed by atoms with Gasteiger partial charge in [-0.3, -0.25) is 0 Å². The SMILES string of the molecule is CC(N[C@@H](C)c1ccccc1)c1cccc(S(N)(=O)=O)c1. The second-order valence-electron chi connectivity index (χ2n) is 5.14. The first-order valence-corrected chi connectivity index (χ1v) is 8.36. The third kappa shape index (κ3) is 4.14. The normalized spacial score (nSPS) is 14.6. The van der Waals surface area contributed by atoms with E-state index in [1.165, 1.54) is 11.6 Å². The Balaban J connectivity index is 2.16. The highest BCUT2D eigenvalue weighted by Gasteiger charge is 2.14. The van der Waals surface area contributed by atoms with E-state index in [4.69, 9.17) is 5.14 Å². The van der Waals surface area contributed by atoms with Crippen molar-refractivity contribution in [1.82, 2.24) is 5.32 Å². The van der Waals surface area contributed by atoms with Crippen LogP contribution in [0.2, 0.25) is 0 Å². The molecule has 0 aliphatic carbocycles. The maximum absolute atomic E-state index is 11.4. The molecule has 0 spiro atoms. The third-order valence-corrected chi connectivity index (χ3v) is 4.40. The predicted molar refractivity (Wildman–Crippen MR) is 84.2 cm³/mol. The van der Waals surface area contributed by atoms with Crippen molar-refractivity contribution in [3.63, 3.8) is 0 Å². The lowest BCUT2D eigenvalue weighted by atomic mass is 10.0. The zero-order chi connectivity index (χ0) is 15.5. The molecule has 2 aromatic rings. The zero-order valence-corrected chi connectivity index (χ0v) is 13.0. The molecule has 0 heterocycles. The van der Waals surface area contributed by atoms with E-state index in [0.717, 1.165) is 5.56 Å². The molecule has 2 aromatic carbocycles. The van der Waals surface area contributed by atoms with Crippen molar-refractivity contribution in [2.24, 2.45) is 5.14 Å². The molecule has 112 valence electrons. The van der Waals surface area contributed by atoms with E-state index in [2.05, 4.69) is 24.4 Å². The Bertz CT molecular complexity index is 699. The molecule has 0 radical (unpaired) electrons. The topological polar surface area (TPSA) is 72.2 Å². The Morgan fingerprint density at radius 2 is 1.48 bits per heavy atom. The summed E-state index contributed by atoms with van der Waals surface area (Å²) in [5.74, 6) is 0. The van der Waals surface area contributed by atoms with Crippen LogP contribution in [0.3, 0.4) is 0 Å². The van der Waals surface area contributed by atoms with Crippen LogP contribution >= 0.6 is 0 Å². The van der Waals surface area contributed by atoms with Gasteiger partial charge in [-0.15, -0.1) is 0 Å². The second-order valence-corrected chi connectivity index (χ2v) is 6.70. The fourth-order valence-electron chi connectivity index (χ4n) is 2.27. The highest BCUT2D eigenvalue weighted by Crippen LogP contribution is 2.21. The van der Waals surface area contributed by atoms with Gasteiger partial charge in [0.05, 0.1) is 4.90 Å². The molecule has 2 rings (SSSR count). The molecule has 0 aliphatic rings. The Kier molecular flexibility index (Phi) is 4.77. The fraction of sp³-hybridized carbons (Fsp3) is 0.250. The van der Waals surface area contributed by atoms with Crippen LogP contribution in [0.1, 0.15) is 37.1 Å². The van der Waals surface area contributed by atoms with Crippen molar-refractivity contribution in [1.29, 1.82) is 0 Å². The lowest BCUT2D eigenvalue weighted by molar-refractivity contribution is 0.494. The molecule has 21 heavy (non-hydrogen) atoms. The predicted octanol–water partition coefficient (Wildman–Crippen LogP) is 2.75. The first-order valence-electron chi connectivity index (χ1n) is 6.81. The molecule has 2 atom stereocenters. The van der Waals surface area contributed by atoms with Gasteiger partial charge in [0.15, 0.2) is 0 Å².